The lowest BCUT2D eigenvalue weighted by Crippen LogP contribution is -2.47. The summed E-state index contributed by atoms with van der Waals surface area (Å²) in [6.07, 6.45) is 1.96. The van der Waals surface area contributed by atoms with Crippen molar-refractivity contribution in [2.45, 2.75) is 53.5 Å². The van der Waals surface area contributed by atoms with Crippen molar-refractivity contribution in [3.63, 3.8) is 0 Å². The van der Waals surface area contributed by atoms with Crippen LogP contribution in [0.5, 0.6) is 0 Å². The Morgan fingerprint density at radius 3 is 2.48 bits per heavy atom. The molecule has 0 aliphatic carbocycles. The van der Waals surface area contributed by atoms with Gasteiger partial charge in [-0.15, -0.1) is 0 Å². The van der Waals surface area contributed by atoms with Gasteiger partial charge >= 0.3 is 12.0 Å². The van der Waals surface area contributed by atoms with E-state index in [1.165, 1.54) is 0 Å². The fourth-order valence-corrected chi connectivity index (χ4v) is 3.69. The number of nitrogens with zero attached hydrogens (tertiary/aromatic N) is 1. The van der Waals surface area contributed by atoms with Crippen LogP contribution in [-0.2, 0) is 9.53 Å². The minimum atomic E-state index is -0.414. The van der Waals surface area contributed by atoms with E-state index in [4.69, 9.17) is 17.0 Å². The van der Waals surface area contributed by atoms with E-state index in [-0.39, 0.29) is 17.9 Å². The number of carbonyl (C=O) groups is 2. The lowest BCUT2D eigenvalue weighted by atomic mass is 9.95. The molecule has 1 aromatic rings. The minimum absolute atomic E-state index is 0.231. The normalized spacial score (nSPS) is 16.3. The maximum absolute atomic E-state index is 12.9. The zero-order chi connectivity index (χ0) is 23.0. The quantitative estimate of drug-likeness (QED) is 0.297. The first kappa shape index (κ1) is 24.7. The van der Waals surface area contributed by atoms with E-state index in [9.17, 15) is 9.59 Å². The Morgan fingerprint density at radius 1 is 1.23 bits per heavy atom. The molecule has 170 valence electrons. The number of carbonyl (C=O) groups excluding carboxylic acids is 2. The van der Waals surface area contributed by atoms with Gasteiger partial charge in [0.15, 0.2) is 5.11 Å². The first-order valence-electron chi connectivity index (χ1n) is 10.9. The zero-order valence-corrected chi connectivity index (χ0v) is 19.9. The van der Waals surface area contributed by atoms with Crippen molar-refractivity contribution in [1.29, 1.82) is 0 Å². The standard InChI is InChI=1S/C23H34N4O3S/c1-6-8-13-24-22(29)25-18-11-9-17(10-12-18)20-19(21(28)30-14-15(3)4)16(5)27(7-2)23(31)26-20/h9-12,15,20H,6-8,13-14H2,1-5H3,(H,26,31)(H2,24,25,29)/t20-/m1/s1. The number of rotatable bonds is 9. The van der Waals surface area contributed by atoms with E-state index in [0.717, 1.165) is 24.1 Å². The largest absolute Gasteiger partial charge is 0.462 e. The van der Waals surface area contributed by atoms with Crippen molar-refractivity contribution in [2.24, 2.45) is 5.92 Å². The van der Waals surface area contributed by atoms with Crippen LogP contribution in [0.2, 0.25) is 0 Å². The van der Waals surface area contributed by atoms with Gasteiger partial charge in [-0.2, -0.15) is 0 Å². The maximum atomic E-state index is 12.9. The maximum Gasteiger partial charge on any atom is 0.338 e. The van der Waals surface area contributed by atoms with E-state index >= 15 is 0 Å². The average molecular weight is 447 g/mol. The lowest BCUT2D eigenvalue weighted by Gasteiger charge is -2.37. The number of hydrogen-bond donors (Lipinski definition) is 3. The number of ether oxygens (including phenoxy) is 1. The Morgan fingerprint density at radius 2 is 1.90 bits per heavy atom. The summed E-state index contributed by atoms with van der Waals surface area (Å²) in [5.74, 6) is -0.0980. The molecular formula is C23H34N4O3S. The zero-order valence-electron chi connectivity index (χ0n) is 19.1. The van der Waals surface area contributed by atoms with E-state index in [1.807, 2.05) is 56.9 Å². The number of thiocarbonyl (C=S) groups is 1. The fraction of sp³-hybridized carbons (Fsp3) is 0.522. The summed E-state index contributed by atoms with van der Waals surface area (Å²) in [6.45, 7) is 11.6. The number of urea groups is 1. The van der Waals surface area contributed by atoms with Crippen LogP contribution in [-0.4, -0.2) is 41.7 Å². The van der Waals surface area contributed by atoms with E-state index < -0.39 is 6.04 Å². The highest BCUT2D eigenvalue weighted by Gasteiger charge is 2.34. The van der Waals surface area contributed by atoms with Gasteiger partial charge in [0.25, 0.3) is 0 Å². The molecule has 0 unspecified atom stereocenters. The molecule has 0 radical (unpaired) electrons. The molecule has 1 heterocycles. The number of nitrogens with one attached hydrogen (secondary N) is 3. The van der Waals surface area contributed by atoms with Crippen molar-refractivity contribution in [3.05, 3.63) is 41.1 Å². The van der Waals surface area contributed by atoms with Crippen molar-refractivity contribution in [1.82, 2.24) is 15.5 Å². The van der Waals surface area contributed by atoms with Crippen LogP contribution >= 0.6 is 12.2 Å². The molecule has 1 atom stereocenters. The molecule has 0 saturated carbocycles. The minimum Gasteiger partial charge on any atom is -0.462 e. The number of benzene rings is 1. The summed E-state index contributed by atoms with van der Waals surface area (Å²) in [5, 5.41) is 9.50. The monoisotopic (exact) mass is 446 g/mol. The lowest BCUT2D eigenvalue weighted by molar-refractivity contribution is -0.140. The first-order valence-corrected chi connectivity index (χ1v) is 11.3. The molecule has 0 fully saturated rings. The smallest absolute Gasteiger partial charge is 0.338 e. The summed E-state index contributed by atoms with van der Waals surface area (Å²) >= 11 is 5.52. The van der Waals surface area contributed by atoms with Crippen LogP contribution in [0.4, 0.5) is 10.5 Å². The topological polar surface area (TPSA) is 82.7 Å². The molecule has 0 saturated heterocycles. The molecule has 2 rings (SSSR count). The fourth-order valence-electron chi connectivity index (χ4n) is 3.31. The molecule has 3 N–H and O–H groups in total. The third-order valence-corrected chi connectivity index (χ3v) is 5.34. The molecule has 0 bridgehead atoms. The third-order valence-electron chi connectivity index (χ3n) is 5.00. The molecule has 2 amide bonds. The van der Waals surface area contributed by atoms with Crippen molar-refractivity contribution in [3.8, 4) is 0 Å². The van der Waals surface area contributed by atoms with Crippen LogP contribution in [0.25, 0.3) is 0 Å². The van der Waals surface area contributed by atoms with E-state index in [2.05, 4.69) is 22.9 Å². The number of amides is 2. The Labute approximate surface area is 190 Å². The second kappa shape index (κ2) is 11.7. The van der Waals surface area contributed by atoms with Gasteiger partial charge in [0.1, 0.15) is 0 Å². The van der Waals surface area contributed by atoms with Gasteiger partial charge < -0.3 is 25.6 Å². The van der Waals surface area contributed by atoms with Gasteiger partial charge in [0, 0.05) is 24.5 Å². The van der Waals surface area contributed by atoms with Crippen LogP contribution in [0.3, 0.4) is 0 Å². The van der Waals surface area contributed by atoms with E-state index in [0.29, 0.717) is 36.1 Å². The summed E-state index contributed by atoms with van der Waals surface area (Å²) in [6, 6.07) is 6.75. The number of allylic oxidation sites excluding steroid dienone is 1. The van der Waals surface area contributed by atoms with Crippen LogP contribution in [0.15, 0.2) is 35.5 Å². The predicted molar refractivity (Wildman–Crippen MR) is 128 cm³/mol. The van der Waals surface area contributed by atoms with Crippen LogP contribution < -0.4 is 16.0 Å². The summed E-state index contributed by atoms with van der Waals surface area (Å²) in [4.78, 5) is 26.8. The number of esters is 1. The first-order chi connectivity index (χ1) is 14.8. The SMILES string of the molecule is CCCCNC(=O)Nc1ccc([C@H]2NC(=S)N(CC)C(C)=C2C(=O)OCC(C)C)cc1. The Bertz CT molecular complexity index is 821. The number of hydrogen-bond acceptors (Lipinski definition) is 4. The highest BCUT2D eigenvalue weighted by molar-refractivity contribution is 7.80. The van der Waals surface area contributed by atoms with Gasteiger partial charge in [-0.1, -0.05) is 39.3 Å². The van der Waals surface area contributed by atoms with Crippen LogP contribution in [0, 0.1) is 5.92 Å². The van der Waals surface area contributed by atoms with Gasteiger partial charge in [0.2, 0.25) is 0 Å². The molecule has 1 aliphatic heterocycles. The Kier molecular flexibility index (Phi) is 9.30. The van der Waals surface area contributed by atoms with E-state index in [1.54, 1.807) is 0 Å². The third kappa shape index (κ3) is 6.69. The molecule has 0 spiro atoms. The molecule has 31 heavy (non-hydrogen) atoms. The Balaban J connectivity index is 2.23. The van der Waals surface area contributed by atoms with Crippen molar-refractivity contribution in [2.75, 3.05) is 25.0 Å². The molecule has 0 aromatic heterocycles. The second-order valence-electron chi connectivity index (χ2n) is 7.97. The van der Waals surface area contributed by atoms with Gasteiger partial charge in [0.05, 0.1) is 18.2 Å². The predicted octanol–water partition coefficient (Wildman–Crippen LogP) is 4.33. The number of unbranched alkanes of at least 4 members (excludes halogenated alkanes) is 1. The molecule has 7 nitrogen and oxygen atoms in total. The van der Waals surface area contributed by atoms with Gasteiger partial charge in [-0.3, -0.25) is 0 Å². The van der Waals surface area contributed by atoms with Gasteiger partial charge in [-0.25, -0.2) is 9.59 Å². The molecule has 1 aromatic carbocycles. The number of anilines is 1. The molecule has 1 aliphatic rings. The summed E-state index contributed by atoms with van der Waals surface area (Å²) in [5.41, 5.74) is 2.89. The second-order valence-corrected chi connectivity index (χ2v) is 8.36. The molecular weight excluding hydrogens is 412 g/mol. The van der Waals surface area contributed by atoms with Gasteiger partial charge in [-0.05, 0) is 56.1 Å². The summed E-state index contributed by atoms with van der Waals surface area (Å²) in [7, 11) is 0. The average Bonchev–Trinajstić information content (AvgIpc) is 2.72. The van der Waals surface area contributed by atoms with Crippen molar-refractivity contribution >= 4 is 35.0 Å². The Hall–Kier alpha value is -2.61. The highest BCUT2D eigenvalue weighted by atomic mass is 32.1. The molecule has 8 heteroatoms. The van der Waals surface area contributed by atoms with Crippen molar-refractivity contribution < 1.29 is 14.3 Å². The highest BCUT2D eigenvalue weighted by Crippen LogP contribution is 2.32. The summed E-state index contributed by atoms with van der Waals surface area (Å²) < 4.78 is 5.54. The van der Waals surface area contributed by atoms with Crippen LogP contribution in [0.1, 0.15) is 59.1 Å².